The molecule has 2 aromatic rings. The lowest BCUT2D eigenvalue weighted by Crippen LogP contribution is -2.13. The zero-order chi connectivity index (χ0) is 17.7. The normalized spacial score (nSPS) is 11.1. The van der Waals surface area contributed by atoms with E-state index < -0.39 is 15.8 Å². The van der Waals surface area contributed by atoms with Crippen LogP contribution in [0.3, 0.4) is 0 Å². The Morgan fingerprint density at radius 1 is 1.17 bits per heavy atom. The van der Waals surface area contributed by atoms with E-state index in [2.05, 4.69) is 15.9 Å². The highest BCUT2D eigenvalue weighted by Crippen LogP contribution is 2.21. The molecule has 5 nitrogen and oxygen atoms in total. The quantitative estimate of drug-likeness (QED) is 0.513. The maximum Gasteiger partial charge on any atom is 0.339 e. The van der Waals surface area contributed by atoms with Gasteiger partial charge in [0.05, 0.1) is 15.5 Å². The summed E-state index contributed by atoms with van der Waals surface area (Å²) in [6, 6.07) is 11.1. The van der Waals surface area contributed by atoms with Gasteiger partial charge in [0.2, 0.25) is 0 Å². The third-order valence-electron chi connectivity index (χ3n) is 2.97. The van der Waals surface area contributed by atoms with Crippen molar-refractivity contribution in [2.75, 3.05) is 19.5 Å². The van der Waals surface area contributed by atoms with Crippen molar-refractivity contribution < 1.29 is 22.7 Å². The first-order chi connectivity index (χ1) is 11.3. The summed E-state index contributed by atoms with van der Waals surface area (Å²) in [5.74, 6) is -0.0686. The number of carbonyl (C=O) groups excluding carboxylic acids is 1. The Labute approximate surface area is 153 Å². The van der Waals surface area contributed by atoms with Crippen LogP contribution in [0.1, 0.15) is 10.4 Å². The summed E-state index contributed by atoms with van der Waals surface area (Å²) in [5.41, 5.74) is 0.00190. The molecule has 0 unspecified atom stereocenters. The molecular weight excluding hydrogens is 420 g/mol. The van der Waals surface area contributed by atoms with Crippen molar-refractivity contribution >= 4 is 43.3 Å². The molecule has 2 aromatic carbocycles. The lowest BCUT2D eigenvalue weighted by Gasteiger charge is -2.09. The van der Waals surface area contributed by atoms with Gasteiger partial charge in [0, 0.05) is 10.7 Å². The average molecular weight is 434 g/mol. The van der Waals surface area contributed by atoms with Crippen LogP contribution in [0.25, 0.3) is 0 Å². The highest BCUT2D eigenvalue weighted by Gasteiger charge is 2.16. The van der Waals surface area contributed by atoms with Gasteiger partial charge >= 0.3 is 5.97 Å². The molecule has 0 heterocycles. The maximum absolute atomic E-state index is 12.0. The van der Waals surface area contributed by atoms with E-state index in [4.69, 9.17) is 21.1 Å². The molecule has 0 atom stereocenters. The van der Waals surface area contributed by atoms with Crippen molar-refractivity contribution in [1.82, 2.24) is 0 Å². The van der Waals surface area contributed by atoms with Crippen LogP contribution in [0, 0.1) is 0 Å². The lowest BCUT2D eigenvalue weighted by molar-refractivity contribution is 0.0450. The van der Waals surface area contributed by atoms with Crippen LogP contribution in [0.5, 0.6) is 5.75 Å². The predicted molar refractivity (Wildman–Crippen MR) is 94.5 cm³/mol. The van der Waals surface area contributed by atoms with Gasteiger partial charge in [-0.05, 0) is 36.4 Å². The molecule has 0 aromatic heterocycles. The van der Waals surface area contributed by atoms with Crippen molar-refractivity contribution in [3.63, 3.8) is 0 Å². The van der Waals surface area contributed by atoms with Gasteiger partial charge < -0.3 is 9.47 Å². The Morgan fingerprint density at radius 2 is 1.92 bits per heavy atom. The molecule has 0 bridgehead atoms. The smallest absolute Gasteiger partial charge is 0.339 e. The zero-order valence-electron chi connectivity index (χ0n) is 12.7. The molecule has 0 saturated heterocycles. The van der Waals surface area contributed by atoms with E-state index in [1.54, 1.807) is 12.1 Å². The molecule has 0 aliphatic rings. The Balaban J connectivity index is 1.95. The number of hydrogen-bond acceptors (Lipinski definition) is 5. The molecule has 0 aliphatic heterocycles. The third-order valence-corrected chi connectivity index (χ3v) is 4.90. The predicted octanol–water partition coefficient (Wildman–Crippen LogP) is 3.74. The Kier molecular flexibility index (Phi) is 6.26. The Hall–Kier alpha value is -1.57. The number of hydrogen-bond donors (Lipinski definition) is 0. The summed E-state index contributed by atoms with van der Waals surface area (Å²) < 4.78 is 34.5. The highest BCUT2D eigenvalue weighted by molar-refractivity contribution is 9.10. The van der Waals surface area contributed by atoms with Gasteiger partial charge in [-0.1, -0.05) is 33.6 Å². The van der Waals surface area contributed by atoms with E-state index >= 15 is 0 Å². The van der Waals surface area contributed by atoms with Crippen LogP contribution < -0.4 is 4.74 Å². The summed E-state index contributed by atoms with van der Waals surface area (Å²) in [6.45, 7) is 0.163. The SMILES string of the molecule is CS(=O)(=O)c1ccc(Cl)c(C(=O)OCCOc2cccc(Br)c2)c1. The molecule has 2 rings (SSSR count). The number of rotatable bonds is 6. The second-order valence-electron chi connectivity index (χ2n) is 4.86. The van der Waals surface area contributed by atoms with Crippen LogP contribution >= 0.6 is 27.5 Å². The van der Waals surface area contributed by atoms with E-state index in [0.29, 0.717) is 5.75 Å². The zero-order valence-corrected chi connectivity index (χ0v) is 15.8. The van der Waals surface area contributed by atoms with E-state index in [1.807, 2.05) is 12.1 Å². The average Bonchev–Trinajstić information content (AvgIpc) is 2.50. The molecule has 0 radical (unpaired) electrons. The van der Waals surface area contributed by atoms with Crippen LogP contribution in [-0.2, 0) is 14.6 Å². The second-order valence-corrected chi connectivity index (χ2v) is 8.19. The number of benzene rings is 2. The molecule has 0 spiro atoms. The fourth-order valence-corrected chi connectivity index (χ4v) is 3.04. The van der Waals surface area contributed by atoms with Crippen LogP contribution in [0.2, 0.25) is 5.02 Å². The van der Waals surface area contributed by atoms with Gasteiger partial charge in [-0.15, -0.1) is 0 Å². The number of carbonyl (C=O) groups is 1. The first-order valence-corrected chi connectivity index (χ1v) is 9.89. The number of sulfone groups is 1. The highest BCUT2D eigenvalue weighted by atomic mass is 79.9. The largest absolute Gasteiger partial charge is 0.490 e. The van der Waals surface area contributed by atoms with Gasteiger partial charge in [0.15, 0.2) is 9.84 Å². The maximum atomic E-state index is 12.0. The van der Waals surface area contributed by atoms with Crippen molar-refractivity contribution in [1.29, 1.82) is 0 Å². The molecule has 0 fully saturated rings. The van der Waals surface area contributed by atoms with Crippen molar-refractivity contribution in [3.8, 4) is 5.75 Å². The van der Waals surface area contributed by atoms with Gasteiger partial charge in [-0.3, -0.25) is 0 Å². The van der Waals surface area contributed by atoms with E-state index in [-0.39, 0.29) is 28.7 Å². The van der Waals surface area contributed by atoms with E-state index in [1.165, 1.54) is 18.2 Å². The fourth-order valence-electron chi connectivity index (χ4n) is 1.82. The minimum absolute atomic E-state index is 0.00190. The van der Waals surface area contributed by atoms with Crippen LogP contribution in [-0.4, -0.2) is 33.9 Å². The summed E-state index contributed by atoms with van der Waals surface area (Å²) in [6.07, 6.45) is 1.05. The van der Waals surface area contributed by atoms with Crippen molar-refractivity contribution in [3.05, 3.63) is 57.5 Å². The van der Waals surface area contributed by atoms with Crippen LogP contribution in [0.15, 0.2) is 51.8 Å². The van der Waals surface area contributed by atoms with Crippen molar-refractivity contribution in [2.45, 2.75) is 4.90 Å². The van der Waals surface area contributed by atoms with E-state index in [9.17, 15) is 13.2 Å². The molecule has 0 N–H and O–H groups in total. The van der Waals surface area contributed by atoms with Gasteiger partial charge in [-0.2, -0.15) is 0 Å². The molecule has 8 heteroatoms. The topological polar surface area (TPSA) is 69.7 Å². The first kappa shape index (κ1) is 18.8. The molecule has 0 amide bonds. The second kappa shape index (κ2) is 8.00. The molecular formula is C16H14BrClO5S. The summed E-state index contributed by atoms with van der Waals surface area (Å²) in [4.78, 5) is 12.0. The number of ether oxygens (including phenoxy) is 2. The van der Waals surface area contributed by atoms with Gasteiger partial charge in [0.25, 0.3) is 0 Å². The van der Waals surface area contributed by atoms with Gasteiger partial charge in [0.1, 0.15) is 19.0 Å². The number of esters is 1. The first-order valence-electron chi connectivity index (χ1n) is 6.82. The third kappa shape index (κ3) is 5.22. The number of halogens is 2. The minimum atomic E-state index is -3.44. The molecule has 0 aliphatic carbocycles. The lowest BCUT2D eigenvalue weighted by atomic mass is 10.2. The van der Waals surface area contributed by atoms with Crippen LogP contribution in [0.4, 0.5) is 0 Å². The minimum Gasteiger partial charge on any atom is -0.490 e. The molecule has 128 valence electrons. The summed E-state index contributed by atoms with van der Waals surface area (Å²) >= 11 is 9.26. The van der Waals surface area contributed by atoms with Gasteiger partial charge in [-0.25, -0.2) is 13.2 Å². The molecule has 0 saturated carbocycles. The monoisotopic (exact) mass is 432 g/mol. The summed E-state index contributed by atoms with van der Waals surface area (Å²) in [7, 11) is -3.44. The Bertz CT molecular complexity index is 851. The fraction of sp³-hybridized carbons (Fsp3) is 0.188. The molecule has 24 heavy (non-hydrogen) atoms. The summed E-state index contributed by atoms with van der Waals surface area (Å²) in [5, 5.41) is 0.125. The Morgan fingerprint density at radius 3 is 2.58 bits per heavy atom. The van der Waals surface area contributed by atoms with E-state index in [0.717, 1.165) is 10.7 Å². The standard InChI is InChI=1S/C16H14BrClO5S/c1-24(20,21)13-5-6-15(18)14(10-13)16(19)23-8-7-22-12-4-2-3-11(17)9-12/h2-6,9-10H,7-8H2,1H3. The van der Waals surface area contributed by atoms with Crippen molar-refractivity contribution in [2.24, 2.45) is 0 Å².